The molecule has 0 spiro atoms. The second-order valence-corrected chi connectivity index (χ2v) is 4.01. The molecule has 0 aromatic carbocycles. The highest BCUT2D eigenvalue weighted by molar-refractivity contribution is 7.13. The van der Waals surface area contributed by atoms with Crippen molar-refractivity contribution in [2.45, 2.75) is 13.3 Å². The maximum absolute atomic E-state index is 11.2. The number of methoxy groups -OCH3 is 1. The fourth-order valence-electron chi connectivity index (χ4n) is 1.27. The number of carbonyl (C=O) groups is 1. The zero-order valence-electron chi connectivity index (χ0n) is 9.02. The lowest BCUT2D eigenvalue weighted by Gasteiger charge is -1.92. The molecule has 2 rings (SSSR count). The molecule has 2 heterocycles. The van der Waals surface area contributed by atoms with Crippen LogP contribution in [0.4, 0.5) is 0 Å². The molecule has 0 bridgehead atoms. The first-order valence-electron chi connectivity index (χ1n) is 4.87. The van der Waals surface area contributed by atoms with Gasteiger partial charge >= 0.3 is 5.97 Å². The number of furan rings is 1. The van der Waals surface area contributed by atoms with E-state index in [0.29, 0.717) is 16.5 Å². The van der Waals surface area contributed by atoms with Crippen LogP contribution in [0.15, 0.2) is 21.9 Å². The first kappa shape index (κ1) is 10.9. The summed E-state index contributed by atoms with van der Waals surface area (Å²) < 4.78 is 10.1. The third kappa shape index (κ3) is 1.99. The van der Waals surface area contributed by atoms with Crippen LogP contribution >= 0.6 is 11.3 Å². The van der Waals surface area contributed by atoms with Gasteiger partial charge in [-0.25, -0.2) is 9.78 Å². The number of hydrogen-bond donors (Lipinski definition) is 0. The highest BCUT2D eigenvalue weighted by Crippen LogP contribution is 2.26. The minimum absolute atomic E-state index is 0.317. The van der Waals surface area contributed by atoms with Crippen LogP contribution in [0, 0.1) is 0 Å². The summed E-state index contributed by atoms with van der Waals surface area (Å²) in [5, 5.41) is 2.36. The maximum atomic E-state index is 11.2. The summed E-state index contributed by atoms with van der Waals surface area (Å²) >= 11 is 1.36. The minimum Gasteiger partial charge on any atom is -0.464 e. The van der Waals surface area contributed by atoms with Crippen LogP contribution in [0.5, 0.6) is 0 Å². The van der Waals surface area contributed by atoms with Gasteiger partial charge in [0.15, 0.2) is 16.5 Å². The molecule has 2 aromatic heterocycles. The Kier molecular flexibility index (Phi) is 3.05. The van der Waals surface area contributed by atoms with Crippen molar-refractivity contribution in [3.63, 3.8) is 0 Å². The van der Waals surface area contributed by atoms with Crippen LogP contribution in [0.25, 0.3) is 10.8 Å². The van der Waals surface area contributed by atoms with Crippen LogP contribution in [0.3, 0.4) is 0 Å². The third-order valence-electron chi connectivity index (χ3n) is 2.12. The number of ether oxygens (including phenoxy) is 1. The summed E-state index contributed by atoms with van der Waals surface area (Å²) in [4.78, 5) is 15.4. The number of nitrogens with zero attached hydrogens (tertiary/aromatic N) is 1. The smallest absolute Gasteiger partial charge is 0.357 e. The fourth-order valence-corrected chi connectivity index (χ4v) is 2.02. The number of thiazole rings is 1. The second kappa shape index (κ2) is 4.49. The molecule has 0 radical (unpaired) electrons. The molecule has 2 aromatic rings. The summed E-state index contributed by atoms with van der Waals surface area (Å²) in [6.45, 7) is 2.02. The molecule has 0 atom stereocenters. The molecule has 84 valence electrons. The van der Waals surface area contributed by atoms with Gasteiger partial charge < -0.3 is 9.15 Å². The monoisotopic (exact) mass is 237 g/mol. The molecule has 0 amide bonds. The highest BCUT2D eigenvalue weighted by Gasteiger charge is 2.13. The van der Waals surface area contributed by atoms with E-state index in [2.05, 4.69) is 9.72 Å². The quantitative estimate of drug-likeness (QED) is 0.770. The zero-order valence-corrected chi connectivity index (χ0v) is 9.84. The lowest BCUT2D eigenvalue weighted by atomic mass is 10.4. The number of carbonyl (C=O) groups excluding carboxylic acids is 1. The summed E-state index contributed by atoms with van der Waals surface area (Å²) in [5.41, 5.74) is 0.317. The third-order valence-corrected chi connectivity index (χ3v) is 2.98. The van der Waals surface area contributed by atoms with Gasteiger partial charge in [-0.05, 0) is 12.1 Å². The van der Waals surface area contributed by atoms with Crippen LogP contribution in [0.2, 0.25) is 0 Å². The lowest BCUT2D eigenvalue weighted by Crippen LogP contribution is -2.00. The van der Waals surface area contributed by atoms with E-state index in [4.69, 9.17) is 4.42 Å². The van der Waals surface area contributed by atoms with Crippen LogP contribution in [0.1, 0.15) is 23.2 Å². The number of esters is 1. The molecule has 0 aliphatic carbocycles. The van der Waals surface area contributed by atoms with Crippen LogP contribution in [-0.4, -0.2) is 18.1 Å². The predicted molar refractivity (Wildman–Crippen MR) is 60.5 cm³/mol. The van der Waals surface area contributed by atoms with Crippen LogP contribution < -0.4 is 0 Å². The first-order chi connectivity index (χ1) is 7.74. The fraction of sp³-hybridized carbons (Fsp3) is 0.273. The molecule has 0 aliphatic heterocycles. The Labute approximate surface area is 96.9 Å². The summed E-state index contributed by atoms with van der Waals surface area (Å²) in [6.07, 6.45) is 0.842. The van der Waals surface area contributed by atoms with Gasteiger partial charge in [-0.15, -0.1) is 11.3 Å². The molecule has 0 saturated heterocycles. The standard InChI is InChI=1S/C11H11NO3S/c1-3-7-4-5-9(15-7)10-12-8(6-16-10)11(13)14-2/h4-6H,3H2,1-2H3. The molecule has 0 aliphatic rings. The second-order valence-electron chi connectivity index (χ2n) is 3.15. The van der Waals surface area contributed by atoms with E-state index in [1.807, 2.05) is 19.1 Å². The average Bonchev–Trinajstić information content (AvgIpc) is 2.95. The zero-order chi connectivity index (χ0) is 11.5. The van der Waals surface area contributed by atoms with E-state index in [1.165, 1.54) is 18.4 Å². The number of aromatic nitrogens is 1. The molecular weight excluding hydrogens is 226 g/mol. The Morgan fingerprint density at radius 2 is 2.38 bits per heavy atom. The number of hydrogen-bond acceptors (Lipinski definition) is 5. The molecule has 0 saturated carbocycles. The van der Waals surface area contributed by atoms with Crippen molar-refractivity contribution >= 4 is 17.3 Å². The van der Waals surface area contributed by atoms with E-state index in [9.17, 15) is 4.79 Å². The van der Waals surface area contributed by atoms with Gasteiger partial charge in [0.05, 0.1) is 7.11 Å². The van der Waals surface area contributed by atoms with Gasteiger partial charge in [0.1, 0.15) is 5.76 Å². The SMILES string of the molecule is CCc1ccc(-c2nc(C(=O)OC)cs2)o1. The van der Waals surface area contributed by atoms with Gasteiger partial charge in [0.25, 0.3) is 0 Å². The van der Waals surface area contributed by atoms with Gasteiger partial charge in [0, 0.05) is 11.8 Å². The van der Waals surface area contributed by atoms with Crippen molar-refractivity contribution in [1.29, 1.82) is 0 Å². The van der Waals surface area contributed by atoms with E-state index >= 15 is 0 Å². The van der Waals surface area contributed by atoms with Gasteiger partial charge in [-0.1, -0.05) is 6.92 Å². The predicted octanol–water partition coefficient (Wildman–Crippen LogP) is 2.75. The summed E-state index contributed by atoms with van der Waals surface area (Å²) in [7, 11) is 1.34. The largest absolute Gasteiger partial charge is 0.464 e. The average molecular weight is 237 g/mol. The Hall–Kier alpha value is -1.62. The molecule has 5 heteroatoms. The number of aryl methyl sites for hydroxylation is 1. The summed E-state index contributed by atoms with van der Waals surface area (Å²) in [6, 6.07) is 3.77. The van der Waals surface area contributed by atoms with Crippen molar-refractivity contribution in [1.82, 2.24) is 4.98 Å². The Morgan fingerprint density at radius 3 is 3.00 bits per heavy atom. The summed E-state index contributed by atoms with van der Waals surface area (Å²) in [5.74, 6) is 1.17. The highest BCUT2D eigenvalue weighted by atomic mass is 32.1. The maximum Gasteiger partial charge on any atom is 0.357 e. The lowest BCUT2D eigenvalue weighted by molar-refractivity contribution is 0.0595. The van der Waals surface area contributed by atoms with E-state index in [-0.39, 0.29) is 0 Å². The van der Waals surface area contributed by atoms with E-state index in [1.54, 1.807) is 5.38 Å². The van der Waals surface area contributed by atoms with Crippen molar-refractivity contribution in [3.8, 4) is 10.8 Å². The molecule has 0 fully saturated rings. The molecule has 0 N–H and O–H groups in total. The Morgan fingerprint density at radius 1 is 1.56 bits per heavy atom. The molecule has 16 heavy (non-hydrogen) atoms. The minimum atomic E-state index is -0.426. The van der Waals surface area contributed by atoms with Gasteiger partial charge in [-0.3, -0.25) is 0 Å². The van der Waals surface area contributed by atoms with Crippen molar-refractivity contribution < 1.29 is 13.9 Å². The van der Waals surface area contributed by atoms with Gasteiger partial charge in [-0.2, -0.15) is 0 Å². The van der Waals surface area contributed by atoms with Crippen LogP contribution in [-0.2, 0) is 11.2 Å². The number of rotatable bonds is 3. The normalized spacial score (nSPS) is 10.4. The van der Waals surface area contributed by atoms with Crippen molar-refractivity contribution in [2.75, 3.05) is 7.11 Å². The Balaban J connectivity index is 2.27. The topological polar surface area (TPSA) is 52.3 Å². The van der Waals surface area contributed by atoms with Gasteiger partial charge in [0.2, 0.25) is 0 Å². The first-order valence-corrected chi connectivity index (χ1v) is 5.75. The van der Waals surface area contributed by atoms with Crippen molar-refractivity contribution in [3.05, 3.63) is 29.0 Å². The Bertz CT molecular complexity index is 501. The molecular formula is C11H11NO3S. The van der Waals surface area contributed by atoms with Crippen molar-refractivity contribution in [2.24, 2.45) is 0 Å². The molecule has 4 nitrogen and oxygen atoms in total. The molecule has 0 unspecified atom stereocenters. The van der Waals surface area contributed by atoms with E-state index < -0.39 is 5.97 Å². The van der Waals surface area contributed by atoms with E-state index in [0.717, 1.165) is 12.2 Å².